The maximum Gasteiger partial charge on any atom is 0.323 e. The molecule has 46 heavy (non-hydrogen) atoms. The molecule has 4 amide bonds. The lowest BCUT2D eigenvalue weighted by atomic mass is 10.2. The van der Waals surface area contributed by atoms with Crippen LogP contribution in [-0.4, -0.2) is 41.6 Å². The smallest absolute Gasteiger partial charge is 0.323 e. The molecule has 0 aromatic heterocycles. The summed E-state index contributed by atoms with van der Waals surface area (Å²) in [4.78, 5) is 38.0. The predicted octanol–water partition coefficient (Wildman–Crippen LogP) is 4.87. The first-order valence-corrected chi connectivity index (χ1v) is 13.9. The first-order valence-electron chi connectivity index (χ1n) is 13.9. The van der Waals surface area contributed by atoms with Gasteiger partial charge in [0.05, 0.1) is 22.7 Å². The van der Waals surface area contributed by atoms with Crippen molar-refractivity contribution in [1.82, 2.24) is 0 Å². The fourth-order valence-electron chi connectivity index (χ4n) is 4.41. The van der Waals surface area contributed by atoms with Gasteiger partial charge in [0.25, 0.3) is 11.8 Å². The fourth-order valence-corrected chi connectivity index (χ4v) is 4.41. The number of hydrogen-bond acceptors (Lipinski definition) is 11. The first-order chi connectivity index (χ1) is 22.4. The second-order valence-corrected chi connectivity index (χ2v) is 9.93. The van der Waals surface area contributed by atoms with Gasteiger partial charge >= 0.3 is 6.03 Å². The fraction of sp³-hybridized carbons (Fsp3) is 0.0645. The summed E-state index contributed by atoms with van der Waals surface area (Å²) in [5.41, 5.74) is 14.9. The van der Waals surface area contributed by atoms with Crippen LogP contribution in [-0.2, 0) is 9.59 Å². The van der Waals surface area contributed by atoms with E-state index in [0.717, 1.165) is 0 Å². The standard InChI is InChI=1S/C31H26N12O3/c32-27-25(29(44)42(40-27)23-7-3-1-4-8-23)38-36-21-15-11-19(12-16-21)34-31(46)35-20-13-17-22(18-14-20)37-39-26-28(33)41-43(30(26)45)24-9-5-2-6-10-24/h1-18,25-26H,(H2,32,40)(H2,33,41)(H2,34,35,46). The number of amidine groups is 2. The summed E-state index contributed by atoms with van der Waals surface area (Å²) in [6, 6.07) is 28.3. The highest BCUT2D eigenvalue weighted by Crippen LogP contribution is 2.25. The number of hydrogen-bond donors (Lipinski definition) is 4. The van der Waals surface area contributed by atoms with E-state index in [0.29, 0.717) is 34.1 Å². The van der Waals surface area contributed by atoms with Gasteiger partial charge in [-0.1, -0.05) is 36.4 Å². The van der Waals surface area contributed by atoms with Gasteiger partial charge in [-0.25, -0.2) is 4.79 Å². The molecule has 0 saturated carbocycles. The quantitative estimate of drug-likeness (QED) is 0.204. The van der Waals surface area contributed by atoms with Gasteiger partial charge in [-0.2, -0.15) is 30.5 Å². The van der Waals surface area contributed by atoms with Crippen molar-refractivity contribution in [1.29, 1.82) is 0 Å². The molecule has 2 heterocycles. The van der Waals surface area contributed by atoms with Crippen LogP contribution in [0.5, 0.6) is 0 Å². The Morgan fingerprint density at radius 2 is 0.957 bits per heavy atom. The average Bonchev–Trinajstić information content (AvgIpc) is 3.53. The van der Waals surface area contributed by atoms with E-state index in [1.54, 1.807) is 97.1 Å². The number of para-hydroxylation sites is 2. The molecule has 2 unspecified atom stereocenters. The van der Waals surface area contributed by atoms with Crippen LogP contribution in [0.4, 0.5) is 38.9 Å². The number of anilines is 4. The van der Waals surface area contributed by atoms with Crippen LogP contribution in [0.3, 0.4) is 0 Å². The summed E-state index contributed by atoms with van der Waals surface area (Å²) in [5.74, 6) is -0.725. The molecule has 2 aliphatic heterocycles. The van der Waals surface area contributed by atoms with Crippen LogP contribution >= 0.6 is 0 Å². The van der Waals surface area contributed by atoms with Crippen molar-refractivity contribution >= 4 is 63.6 Å². The highest BCUT2D eigenvalue weighted by atomic mass is 16.2. The third-order valence-corrected chi connectivity index (χ3v) is 6.71. The number of benzene rings is 4. The number of carbonyl (C=O) groups is 3. The highest BCUT2D eigenvalue weighted by Gasteiger charge is 2.36. The van der Waals surface area contributed by atoms with Gasteiger partial charge in [0.2, 0.25) is 12.1 Å². The third-order valence-electron chi connectivity index (χ3n) is 6.71. The second kappa shape index (κ2) is 12.8. The Bertz CT molecular complexity index is 1740. The van der Waals surface area contributed by atoms with Gasteiger partial charge < -0.3 is 22.1 Å². The molecule has 0 saturated heterocycles. The number of urea groups is 1. The van der Waals surface area contributed by atoms with Gasteiger partial charge in [-0.15, -0.1) is 10.2 Å². The van der Waals surface area contributed by atoms with Crippen molar-refractivity contribution in [2.75, 3.05) is 20.7 Å². The largest absolute Gasteiger partial charge is 0.383 e. The molecule has 4 aromatic carbocycles. The maximum atomic E-state index is 12.7. The zero-order valence-electron chi connectivity index (χ0n) is 24.0. The molecular weight excluding hydrogens is 588 g/mol. The van der Waals surface area contributed by atoms with Gasteiger partial charge in [0, 0.05) is 11.4 Å². The Morgan fingerprint density at radius 1 is 0.587 bits per heavy atom. The Kier molecular flexibility index (Phi) is 8.18. The Labute approximate surface area is 262 Å². The van der Waals surface area contributed by atoms with Crippen molar-refractivity contribution in [3.8, 4) is 0 Å². The molecule has 0 bridgehead atoms. The lowest BCUT2D eigenvalue weighted by molar-refractivity contribution is -0.118. The predicted molar refractivity (Wildman–Crippen MR) is 173 cm³/mol. The van der Waals surface area contributed by atoms with Gasteiger partial charge in [-0.05, 0) is 72.8 Å². The summed E-state index contributed by atoms with van der Waals surface area (Å²) < 4.78 is 0. The minimum absolute atomic E-state index is 0.0434. The molecular formula is C31H26N12O3. The molecule has 2 atom stereocenters. The molecule has 6 rings (SSSR count). The number of nitrogens with two attached hydrogens (primary N) is 2. The SMILES string of the molecule is NC1=NN(c2ccccc2)C(=O)C1N=Nc1ccc(NC(=O)Nc2ccc(N=NC3C(=O)N(c4ccccc4)N=C3N)cc2)cc1. The molecule has 2 aliphatic rings. The Hall–Kier alpha value is -6.77. The van der Waals surface area contributed by atoms with Crippen LogP contribution < -0.4 is 32.1 Å². The van der Waals surface area contributed by atoms with Gasteiger partial charge in [0.1, 0.15) is 0 Å². The normalized spacial score (nSPS) is 17.9. The van der Waals surface area contributed by atoms with E-state index in [9.17, 15) is 14.4 Å². The van der Waals surface area contributed by atoms with Gasteiger partial charge in [0.15, 0.2) is 11.7 Å². The van der Waals surface area contributed by atoms with E-state index in [1.807, 2.05) is 12.1 Å². The molecule has 0 aliphatic carbocycles. The molecule has 4 aromatic rings. The molecule has 0 spiro atoms. The Balaban J connectivity index is 0.998. The highest BCUT2D eigenvalue weighted by molar-refractivity contribution is 6.18. The van der Waals surface area contributed by atoms with Crippen LogP contribution in [0, 0.1) is 0 Å². The van der Waals surface area contributed by atoms with E-state index in [2.05, 4.69) is 41.3 Å². The first kappa shape index (κ1) is 29.3. The molecule has 0 fully saturated rings. The zero-order valence-corrected chi connectivity index (χ0v) is 24.0. The number of carbonyl (C=O) groups excluding carboxylic acids is 3. The average molecular weight is 615 g/mol. The van der Waals surface area contributed by atoms with Crippen molar-refractivity contribution in [2.45, 2.75) is 12.1 Å². The third kappa shape index (κ3) is 6.42. The summed E-state index contributed by atoms with van der Waals surface area (Å²) in [5, 5.41) is 32.4. The number of rotatable bonds is 8. The second-order valence-electron chi connectivity index (χ2n) is 9.93. The van der Waals surface area contributed by atoms with E-state index in [4.69, 9.17) is 11.5 Å². The van der Waals surface area contributed by atoms with E-state index >= 15 is 0 Å². The minimum Gasteiger partial charge on any atom is -0.383 e. The van der Waals surface area contributed by atoms with Crippen LogP contribution in [0.2, 0.25) is 0 Å². The molecule has 6 N–H and O–H groups in total. The Morgan fingerprint density at radius 3 is 1.33 bits per heavy atom. The lowest BCUT2D eigenvalue weighted by Crippen LogP contribution is -2.33. The molecule has 15 heteroatoms. The van der Waals surface area contributed by atoms with E-state index < -0.39 is 29.9 Å². The number of hydrazone groups is 2. The molecule has 0 radical (unpaired) electrons. The molecule has 15 nitrogen and oxygen atoms in total. The van der Waals surface area contributed by atoms with Crippen LogP contribution in [0.25, 0.3) is 0 Å². The monoisotopic (exact) mass is 614 g/mol. The summed E-state index contributed by atoms with van der Waals surface area (Å²) in [6.45, 7) is 0. The molecule has 228 valence electrons. The van der Waals surface area contributed by atoms with Crippen molar-refractivity contribution in [2.24, 2.45) is 42.1 Å². The van der Waals surface area contributed by atoms with Gasteiger partial charge in [-0.3, -0.25) is 9.59 Å². The zero-order chi connectivity index (χ0) is 32.0. The summed E-state index contributed by atoms with van der Waals surface area (Å²) >= 11 is 0. The lowest BCUT2D eigenvalue weighted by Gasteiger charge is -2.11. The van der Waals surface area contributed by atoms with Crippen LogP contribution in [0.1, 0.15) is 0 Å². The number of nitrogens with zero attached hydrogens (tertiary/aromatic N) is 8. The number of amides is 4. The van der Waals surface area contributed by atoms with Crippen molar-refractivity contribution in [3.63, 3.8) is 0 Å². The maximum absolute atomic E-state index is 12.7. The summed E-state index contributed by atoms with van der Waals surface area (Å²) in [6.07, 6.45) is 0. The summed E-state index contributed by atoms with van der Waals surface area (Å²) in [7, 11) is 0. The van der Waals surface area contributed by atoms with Crippen molar-refractivity contribution in [3.05, 3.63) is 109 Å². The van der Waals surface area contributed by atoms with Crippen LogP contribution in [0.15, 0.2) is 140 Å². The topological polar surface area (TPSA) is 208 Å². The van der Waals surface area contributed by atoms with E-state index in [1.165, 1.54) is 10.0 Å². The number of azo groups is 2. The minimum atomic E-state index is -1.03. The number of nitrogens with one attached hydrogen (secondary N) is 2. The van der Waals surface area contributed by atoms with E-state index in [-0.39, 0.29) is 11.7 Å². The van der Waals surface area contributed by atoms with Crippen molar-refractivity contribution < 1.29 is 14.4 Å².